The summed E-state index contributed by atoms with van der Waals surface area (Å²) in [5, 5.41) is 3.38. The van der Waals surface area contributed by atoms with Crippen molar-refractivity contribution in [1.29, 1.82) is 0 Å². The van der Waals surface area contributed by atoms with E-state index >= 15 is 0 Å². The van der Waals surface area contributed by atoms with Crippen molar-refractivity contribution >= 4 is 32.4 Å². The van der Waals surface area contributed by atoms with Gasteiger partial charge in [-0.25, -0.2) is 8.42 Å². The molecule has 1 aromatic heterocycles. The highest BCUT2D eigenvalue weighted by Gasteiger charge is 2.18. The second-order valence-corrected chi connectivity index (χ2v) is 9.78. The minimum absolute atomic E-state index is 0.153. The van der Waals surface area contributed by atoms with Gasteiger partial charge in [0.05, 0.1) is 31.5 Å². The molecule has 0 radical (unpaired) electrons. The minimum atomic E-state index is -3.62. The average molecular weight is 511 g/mol. The van der Waals surface area contributed by atoms with Gasteiger partial charge in [-0.15, -0.1) is 0 Å². The van der Waals surface area contributed by atoms with E-state index < -0.39 is 10.0 Å². The number of ether oxygens (including phenoxy) is 3. The molecule has 2 N–H and O–H groups in total. The SMILES string of the molecule is COc1ccc(CNc2c(C)oc3cc(NS(C)(=O)=O)c(Oc4ccccc4)cc3c2=O)c(OC)c1. The Balaban J connectivity index is 1.75. The molecule has 0 aliphatic rings. The number of methoxy groups -OCH3 is 2. The van der Waals surface area contributed by atoms with E-state index in [0.717, 1.165) is 11.8 Å². The molecule has 1 heterocycles. The van der Waals surface area contributed by atoms with E-state index in [1.54, 1.807) is 57.5 Å². The summed E-state index contributed by atoms with van der Waals surface area (Å²) in [6.45, 7) is 1.96. The second kappa shape index (κ2) is 10.2. The summed E-state index contributed by atoms with van der Waals surface area (Å²) in [5.41, 5.74) is 1.15. The first-order valence-corrected chi connectivity index (χ1v) is 12.8. The number of sulfonamides is 1. The van der Waals surface area contributed by atoms with Gasteiger partial charge in [0.25, 0.3) is 0 Å². The standard InChI is InChI=1S/C26H26N2O7S/c1-16-25(27-15-17-10-11-19(32-2)12-22(17)33-3)26(29)20-13-24(35-18-8-6-5-7-9-18)21(14-23(20)34-16)28-36(4,30)31/h5-14,27-28H,15H2,1-4H3. The topological polar surface area (TPSA) is 116 Å². The molecule has 10 heteroatoms. The van der Waals surface area contributed by atoms with E-state index in [4.69, 9.17) is 18.6 Å². The Kier molecular flexibility index (Phi) is 7.07. The lowest BCUT2D eigenvalue weighted by Gasteiger charge is -2.15. The summed E-state index contributed by atoms with van der Waals surface area (Å²) in [5.74, 6) is 2.26. The quantitative estimate of drug-likeness (QED) is 0.327. The smallest absolute Gasteiger partial charge is 0.229 e. The first-order valence-electron chi connectivity index (χ1n) is 11.0. The van der Waals surface area contributed by atoms with Crippen molar-refractivity contribution in [3.05, 3.63) is 82.2 Å². The summed E-state index contributed by atoms with van der Waals surface area (Å²) in [6, 6.07) is 17.2. The largest absolute Gasteiger partial charge is 0.497 e. The fourth-order valence-electron chi connectivity index (χ4n) is 3.70. The van der Waals surface area contributed by atoms with Crippen molar-refractivity contribution in [3.8, 4) is 23.0 Å². The van der Waals surface area contributed by atoms with Crippen LogP contribution < -0.4 is 29.7 Å². The summed E-state index contributed by atoms with van der Waals surface area (Å²) >= 11 is 0. The third-order valence-corrected chi connectivity index (χ3v) is 5.98. The van der Waals surface area contributed by atoms with Gasteiger partial charge >= 0.3 is 0 Å². The van der Waals surface area contributed by atoms with Crippen LogP contribution in [-0.2, 0) is 16.6 Å². The molecule has 0 atom stereocenters. The van der Waals surface area contributed by atoms with Gasteiger partial charge in [-0.05, 0) is 37.3 Å². The zero-order valence-corrected chi connectivity index (χ0v) is 21.1. The average Bonchev–Trinajstić information content (AvgIpc) is 2.84. The van der Waals surface area contributed by atoms with Crippen LogP contribution in [0.15, 0.2) is 69.9 Å². The Hall–Kier alpha value is -4.18. The van der Waals surface area contributed by atoms with E-state index in [2.05, 4.69) is 10.0 Å². The van der Waals surface area contributed by atoms with Crippen molar-refractivity contribution in [2.45, 2.75) is 13.5 Å². The third-order valence-electron chi connectivity index (χ3n) is 5.38. The molecule has 4 aromatic rings. The highest BCUT2D eigenvalue weighted by atomic mass is 32.2. The molecule has 3 aromatic carbocycles. The Morgan fingerprint density at radius 2 is 1.67 bits per heavy atom. The van der Waals surface area contributed by atoms with Crippen LogP contribution >= 0.6 is 0 Å². The molecule has 0 bridgehead atoms. The molecule has 0 saturated carbocycles. The summed E-state index contributed by atoms with van der Waals surface area (Å²) in [7, 11) is -0.491. The number of rotatable bonds is 9. The van der Waals surface area contributed by atoms with E-state index in [-0.39, 0.29) is 33.5 Å². The number of aryl methyl sites for hydroxylation is 1. The first-order chi connectivity index (χ1) is 17.2. The van der Waals surface area contributed by atoms with Crippen molar-refractivity contribution in [2.75, 3.05) is 30.5 Å². The van der Waals surface area contributed by atoms with Crippen LogP contribution in [0.2, 0.25) is 0 Å². The Labute approximate surface area is 208 Å². The molecule has 0 amide bonds. The van der Waals surface area contributed by atoms with Gasteiger partial charge in [0.2, 0.25) is 15.5 Å². The molecule has 188 valence electrons. The maximum atomic E-state index is 13.5. The van der Waals surface area contributed by atoms with Crippen LogP contribution in [0.1, 0.15) is 11.3 Å². The summed E-state index contributed by atoms with van der Waals surface area (Å²) in [4.78, 5) is 13.5. The Morgan fingerprint density at radius 3 is 2.33 bits per heavy atom. The van der Waals surface area contributed by atoms with Crippen LogP contribution in [0, 0.1) is 6.92 Å². The predicted molar refractivity (Wildman–Crippen MR) is 139 cm³/mol. The molecular weight excluding hydrogens is 484 g/mol. The lowest BCUT2D eigenvalue weighted by Crippen LogP contribution is -2.15. The van der Waals surface area contributed by atoms with Crippen molar-refractivity contribution < 1.29 is 27.0 Å². The van der Waals surface area contributed by atoms with Crippen LogP contribution in [0.5, 0.6) is 23.0 Å². The number of hydrogen-bond acceptors (Lipinski definition) is 8. The van der Waals surface area contributed by atoms with Gasteiger partial charge in [0, 0.05) is 24.2 Å². The fraction of sp³-hybridized carbons (Fsp3) is 0.192. The monoisotopic (exact) mass is 510 g/mol. The highest BCUT2D eigenvalue weighted by Crippen LogP contribution is 2.35. The van der Waals surface area contributed by atoms with E-state index in [1.165, 1.54) is 12.1 Å². The normalized spacial score (nSPS) is 11.2. The van der Waals surface area contributed by atoms with E-state index in [1.807, 2.05) is 12.1 Å². The Bertz CT molecular complexity index is 1570. The summed E-state index contributed by atoms with van der Waals surface area (Å²) < 4.78 is 48.8. The van der Waals surface area contributed by atoms with Gasteiger partial charge in [-0.2, -0.15) is 0 Å². The number of fused-ring (bicyclic) bond motifs is 1. The number of hydrogen-bond donors (Lipinski definition) is 2. The van der Waals surface area contributed by atoms with Gasteiger partial charge in [-0.1, -0.05) is 18.2 Å². The zero-order valence-electron chi connectivity index (χ0n) is 20.2. The molecule has 0 aliphatic heterocycles. The van der Waals surface area contributed by atoms with Crippen molar-refractivity contribution in [3.63, 3.8) is 0 Å². The molecule has 0 spiro atoms. The third kappa shape index (κ3) is 5.55. The van der Waals surface area contributed by atoms with Gasteiger partial charge in [-0.3, -0.25) is 9.52 Å². The van der Waals surface area contributed by atoms with Crippen LogP contribution in [-0.4, -0.2) is 28.9 Å². The lowest BCUT2D eigenvalue weighted by atomic mass is 10.1. The number of benzene rings is 3. The van der Waals surface area contributed by atoms with E-state index in [9.17, 15) is 13.2 Å². The predicted octanol–water partition coefficient (Wildman–Crippen LogP) is 4.89. The van der Waals surface area contributed by atoms with Gasteiger partial charge < -0.3 is 23.9 Å². The minimum Gasteiger partial charge on any atom is -0.497 e. The number of anilines is 2. The maximum Gasteiger partial charge on any atom is 0.229 e. The van der Waals surface area contributed by atoms with Crippen LogP contribution in [0.3, 0.4) is 0 Å². The van der Waals surface area contributed by atoms with Crippen molar-refractivity contribution in [2.24, 2.45) is 0 Å². The number of para-hydroxylation sites is 1. The maximum absolute atomic E-state index is 13.5. The summed E-state index contributed by atoms with van der Waals surface area (Å²) in [6.07, 6.45) is 1.03. The zero-order chi connectivity index (χ0) is 25.9. The lowest BCUT2D eigenvalue weighted by molar-refractivity contribution is 0.391. The highest BCUT2D eigenvalue weighted by molar-refractivity contribution is 7.92. The van der Waals surface area contributed by atoms with Crippen LogP contribution in [0.4, 0.5) is 11.4 Å². The molecule has 0 fully saturated rings. The van der Waals surface area contributed by atoms with Crippen molar-refractivity contribution in [1.82, 2.24) is 0 Å². The molecule has 0 aliphatic carbocycles. The molecule has 0 unspecified atom stereocenters. The fourth-order valence-corrected chi connectivity index (χ4v) is 4.26. The molecule has 0 saturated heterocycles. The van der Waals surface area contributed by atoms with E-state index in [0.29, 0.717) is 29.6 Å². The Morgan fingerprint density at radius 1 is 0.917 bits per heavy atom. The second-order valence-electron chi connectivity index (χ2n) is 8.03. The first kappa shape index (κ1) is 24.9. The molecule has 36 heavy (non-hydrogen) atoms. The molecule has 4 rings (SSSR count). The molecular formula is C26H26N2O7S. The number of nitrogens with one attached hydrogen (secondary N) is 2. The van der Waals surface area contributed by atoms with Gasteiger partial charge in [0.15, 0.2) is 5.75 Å². The van der Waals surface area contributed by atoms with Crippen LogP contribution in [0.25, 0.3) is 11.0 Å². The molecule has 9 nitrogen and oxygen atoms in total. The van der Waals surface area contributed by atoms with Gasteiger partial charge in [0.1, 0.15) is 34.3 Å².